The topological polar surface area (TPSA) is 0 Å². The Morgan fingerprint density at radius 3 is 2.12 bits per heavy atom. The van der Waals surface area contributed by atoms with E-state index in [1.807, 2.05) is 0 Å². The maximum Gasteiger partial charge on any atom is -1.00 e. The third-order valence-electron chi connectivity index (χ3n) is 8.15. The van der Waals surface area contributed by atoms with Crippen molar-refractivity contribution in [3.63, 3.8) is 0 Å². The molecule has 2 saturated carbocycles. The summed E-state index contributed by atoms with van der Waals surface area (Å²) >= 11 is -2.06. The van der Waals surface area contributed by atoms with Crippen LogP contribution in [0.4, 0.5) is 0 Å². The second kappa shape index (κ2) is 7.45. The van der Waals surface area contributed by atoms with Crippen LogP contribution in [0.25, 0.3) is 0 Å². The quantitative estimate of drug-likeness (QED) is 0.571. The molecule has 0 aromatic carbocycles. The van der Waals surface area contributed by atoms with Gasteiger partial charge in [0.25, 0.3) is 0 Å². The van der Waals surface area contributed by atoms with Crippen LogP contribution in [0.2, 0.25) is 11.9 Å². The van der Waals surface area contributed by atoms with Gasteiger partial charge in [0.05, 0.1) is 0 Å². The minimum atomic E-state index is -2.06. The summed E-state index contributed by atoms with van der Waals surface area (Å²) < 4.78 is 6.55. The molecule has 0 radical (unpaired) electrons. The Morgan fingerprint density at radius 1 is 0.880 bits per heavy atom. The Kier molecular flexibility index (Phi) is 6.01. The van der Waals surface area contributed by atoms with Crippen LogP contribution >= 0.6 is 0 Å². The SMILES string of the molecule is CC1=CC[C]([Zr+2]2([CH]3C4C=CC=CC4C4CCCCC43)[CH2][CH2]2)=C1C.[Cl-].[Cl-]. The van der Waals surface area contributed by atoms with Crippen molar-refractivity contribution < 1.29 is 45.1 Å². The van der Waals surface area contributed by atoms with E-state index >= 15 is 0 Å². The molecule has 0 N–H and O–H groups in total. The molecule has 0 bridgehead atoms. The Morgan fingerprint density at radius 2 is 1.52 bits per heavy atom. The Hall–Kier alpha value is 0.423. The summed E-state index contributed by atoms with van der Waals surface area (Å²) in [6.07, 6.45) is 20.0. The summed E-state index contributed by atoms with van der Waals surface area (Å²) in [6.45, 7) is 4.81. The van der Waals surface area contributed by atoms with E-state index in [4.69, 9.17) is 0 Å². The van der Waals surface area contributed by atoms with Crippen molar-refractivity contribution in [2.24, 2.45) is 23.7 Å². The van der Waals surface area contributed by atoms with E-state index in [-0.39, 0.29) is 24.8 Å². The average Bonchev–Trinajstić information content (AvgIpc) is 3.19. The normalized spacial score (nSPS) is 38.6. The van der Waals surface area contributed by atoms with Gasteiger partial charge in [0.2, 0.25) is 0 Å². The van der Waals surface area contributed by atoms with Gasteiger partial charge < -0.3 is 24.8 Å². The molecule has 0 spiro atoms. The second-order valence-electron chi connectivity index (χ2n) is 8.91. The van der Waals surface area contributed by atoms with Gasteiger partial charge in [-0.2, -0.15) is 0 Å². The summed E-state index contributed by atoms with van der Waals surface area (Å²) in [5.41, 5.74) is 3.35. The van der Waals surface area contributed by atoms with Crippen molar-refractivity contribution >= 4 is 0 Å². The number of halogens is 2. The predicted octanol–water partition coefficient (Wildman–Crippen LogP) is 0.589. The van der Waals surface area contributed by atoms with Crippen molar-refractivity contribution in [3.05, 3.63) is 44.8 Å². The Bertz CT molecular complexity index is 653. The number of allylic oxidation sites excluding steroid dienone is 8. The van der Waals surface area contributed by atoms with Crippen molar-refractivity contribution in [1.82, 2.24) is 0 Å². The van der Waals surface area contributed by atoms with Gasteiger partial charge >= 0.3 is 147 Å². The van der Waals surface area contributed by atoms with Crippen LogP contribution in [0.1, 0.15) is 46.0 Å². The molecule has 5 aliphatic rings. The van der Waals surface area contributed by atoms with Gasteiger partial charge in [0.1, 0.15) is 0 Å². The van der Waals surface area contributed by atoms with E-state index in [0.717, 1.165) is 27.3 Å². The van der Waals surface area contributed by atoms with Crippen LogP contribution in [0.15, 0.2) is 44.8 Å². The molecule has 5 rings (SSSR count). The van der Waals surface area contributed by atoms with E-state index < -0.39 is 20.3 Å². The molecule has 5 atom stereocenters. The maximum atomic E-state index is 2.65. The smallest absolute Gasteiger partial charge is 1.00 e. The van der Waals surface area contributed by atoms with E-state index in [9.17, 15) is 0 Å². The van der Waals surface area contributed by atoms with Crippen molar-refractivity contribution in [2.45, 2.75) is 57.8 Å². The van der Waals surface area contributed by atoms with Crippen LogP contribution in [0.5, 0.6) is 0 Å². The molecule has 0 amide bonds. The average molecular weight is 457 g/mol. The van der Waals surface area contributed by atoms with Crippen molar-refractivity contribution in [3.8, 4) is 0 Å². The molecular formula is C22H30Cl2Zr. The minimum absolute atomic E-state index is 0. The summed E-state index contributed by atoms with van der Waals surface area (Å²) in [4.78, 5) is 0. The zero-order valence-corrected chi connectivity index (χ0v) is 19.4. The Labute approximate surface area is 170 Å². The van der Waals surface area contributed by atoms with Gasteiger partial charge in [-0.25, -0.2) is 0 Å². The molecule has 136 valence electrons. The molecule has 25 heavy (non-hydrogen) atoms. The molecule has 1 saturated heterocycles. The number of fused-ring (bicyclic) bond motifs is 3. The fraction of sp³-hybridized carbons (Fsp3) is 0.636. The van der Waals surface area contributed by atoms with Gasteiger partial charge in [-0.1, -0.05) is 0 Å². The molecule has 1 aliphatic heterocycles. The first-order chi connectivity index (χ1) is 11.2. The first-order valence-corrected chi connectivity index (χ1v) is 16.1. The molecule has 0 nitrogen and oxygen atoms in total. The molecule has 3 fully saturated rings. The van der Waals surface area contributed by atoms with Crippen molar-refractivity contribution in [2.75, 3.05) is 0 Å². The van der Waals surface area contributed by atoms with Gasteiger partial charge in [-0.05, 0) is 0 Å². The van der Waals surface area contributed by atoms with Crippen molar-refractivity contribution in [1.29, 1.82) is 0 Å². The van der Waals surface area contributed by atoms with E-state index in [0.29, 0.717) is 0 Å². The summed E-state index contributed by atoms with van der Waals surface area (Å²) in [5.74, 6) is 3.95. The van der Waals surface area contributed by atoms with Gasteiger partial charge in [-0.3, -0.25) is 0 Å². The molecule has 4 aliphatic carbocycles. The molecule has 3 heteroatoms. The molecule has 0 aromatic heterocycles. The van der Waals surface area contributed by atoms with Gasteiger partial charge in [0, 0.05) is 0 Å². The fourth-order valence-electron chi connectivity index (χ4n) is 6.95. The standard InChI is InChI=1S/C13H17.C7H9.C2H4.2ClH.Zr/c1-3-7-12-10(5-1)9-11-6-2-4-8-13(11)12;1-6-4-3-5-7(6)2;1-2;;;/h1,3,5,7,9-13H,2,4,6,8H2;4H,3H2,1-2H3;1-2H2;2*1H;/q;;;;;+2/p-2. The predicted molar refractivity (Wildman–Crippen MR) is 95.1 cm³/mol. The minimum Gasteiger partial charge on any atom is -1.00 e. The van der Waals surface area contributed by atoms with Crippen LogP contribution in [0, 0.1) is 23.7 Å². The van der Waals surface area contributed by atoms with Crippen LogP contribution in [0.3, 0.4) is 0 Å². The summed E-state index contributed by atoms with van der Waals surface area (Å²) in [6, 6.07) is 0. The molecular weight excluding hydrogens is 426 g/mol. The van der Waals surface area contributed by atoms with E-state index in [2.05, 4.69) is 47.5 Å². The number of rotatable bonds is 2. The zero-order chi connectivity index (χ0) is 15.6. The van der Waals surface area contributed by atoms with Crippen LogP contribution < -0.4 is 24.8 Å². The molecule has 0 aromatic rings. The van der Waals surface area contributed by atoms with Crippen LogP contribution in [-0.4, -0.2) is 0 Å². The molecule has 1 heterocycles. The maximum absolute atomic E-state index is 2.65. The summed E-state index contributed by atoms with van der Waals surface area (Å²) in [7, 11) is 0. The monoisotopic (exact) mass is 454 g/mol. The van der Waals surface area contributed by atoms with Gasteiger partial charge in [0.15, 0.2) is 0 Å². The third-order valence-corrected chi connectivity index (χ3v) is 21.5. The largest absolute Gasteiger partial charge is 1.00 e. The summed E-state index contributed by atoms with van der Waals surface area (Å²) in [5, 5.41) is 0. The fourth-order valence-corrected chi connectivity index (χ4v) is 24.9. The first-order valence-electron chi connectivity index (χ1n) is 9.95. The van der Waals surface area contributed by atoms with E-state index in [1.165, 1.54) is 25.7 Å². The van der Waals surface area contributed by atoms with Crippen LogP contribution in [-0.2, 0) is 20.3 Å². The Balaban J connectivity index is 0.000000911. The van der Waals surface area contributed by atoms with E-state index in [1.54, 1.807) is 25.8 Å². The number of hydrogen-bond donors (Lipinski definition) is 0. The third kappa shape index (κ3) is 2.96. The second-order valence-corrected chi connectivity index (χ2v) is 20.2. The molecule has 5 unspecified atom stereocenters. The first kappa shape index (κ1) is 20.2. The number of hydrogen-bond acceptors (Lipinski definition) is 0. The zero-order valence-electron chi connectivity index (χ0n) is 15.5. The van der Waals surface area contributed by atoms with Gasteiger partial charge in [-0.15, -0.1) is 0 Å².